The highest BCUT2D eigenvalue weighted by molar-refractivity contribution is 5.91. The highest BCUT2D eigenvalue weighted by Gasteiger charge is 2.11. The highest BCUT2D eigenvalue weighted by atomic mass is 19.1. The summed E-state index contributed by atoms with van der Waals surface area (Å²) in [7, 11) is 0. The summed E-state index contributed by atoms with van der Waals surface area (Å²) in [4.78, 5) is 29.4. The number of rotatable bonds is 5. The van der Waals surface area contributed by atoms with E-state index >= 15 is 0 Å². The number of H-pyrrole nitrogens is 1. The maximum absolute atomic E-state index is 13.3. The van der Waals surface area contributed by atoms with Crippen LogP contribution in [0.5, 0.6) is 0 Å². The van der Waals surface area contributed by atoms with E-state index < -0.39 is 17.3 Å². The fraction of sp³-hybridized carbons (Fsp3) is 0.412. The molecule has 8 heteroatoms. The smallest absolute Gasteiger partial charge is 0.319 e. The number of carbonyl (C=O) groups is 1. The summed E-state index contributed by atoms with van der Waals surface area (Å²) in [5, 5.41) is 5.43. The molecule has 3 rings (SSSR count). The van der Waals surface area contributed by atoms with Crippen LogP contribution in [-0.2, 0) is 4.74 Å². The van der Waals surface area contributed by atoms with Crippen molar-refractivity contribution in [2.75, 3.05) is 44.7 Å². The van der Waals surface area contributed by atoms with Gasteiger partial charge in [-0.15, -0.1) is 0 Å². The molecule has 2 aromatic rings. The van der Waals surface area contributed by atoms with E-state index in [0.717, 1.165) is 45.3 Å². The molecular weight excluding hydrogens is 327 g/mol. The van der Waals surface area contributed by atoms with Crippen molar-refractivity contribution >= 4 is 22.6 Å². The van der Waals surface area contributed by atoms with Crippen LogP contribution in [0.1, 0.15) is 6.42 Å². The lowest BCUT2D eigenvalue weighted by Crippen LogP contribution is -2.38. The van der Waals surface area contributed by atoms with E-state index in [-0.39, 0.29) is 11.1 Å². The van der Waals surface area contributed by atoms with E-state index in [1.165, 1.54) is 18.3 Å². The van der Waals surface area contributed by atoms with E-state index in [1.54, 1.807) is 0 Å². The number of ether oxygens (including phenoxy) is 1. The molecule has 1 fully saturated rings. The largest absolute Gasteiger partial charge is 0.379 e. The fourth-order valence-electron chi connectivity index (χ4n) is 2.78. The average molecular weight is 348 g/mol. The SMILES string of the molecule is O=C(NCCCN1CCOCC1)Nc1c[nH]c2ccc(F)cc2c1=O. The first kappa shape index (κ1) is 17.4. The van der Waals surface area contributed by atoms with Gasteiger partial charge in [-0.1, -0.05) is 0 Å². The number of anilines is 1. The number of amides is 2. The molecule has 0 radical (unpaired) electrons. The zero-order valence-electron chi connectivity index (χ0n) is 13.8. The number of carbonyl (C=O) groups excluding carboxylic acids is 1. The van der Waals surface area contributed by atoms with Crippen molar-refractivity contribution in [2.24, 2.45) is 0 Å². The van der Waals surface area contributed by atoms with Gasteiger partial charge in [-0.2, -0.15) is 0 Å². The molecule has 1 saturated heterocycles. The zero-order chi connectivity index (χ0) is 17.6. The van der Waals surface area contributed by atoms with Crippen molar-refractivity contribution in [2.45, 2.75) is 6.42 Å². The third-order valence-corrected chi connectivity index (χ3v) is 4.13. The first-order valence-corrected chi connectivity index (χ1v) is 8.29. The standard InChI is InChI=1S/C17H21FN4O3/c18-12-2-3-14-13(10-12)16(23)15(11-20-14)21-17(24)19-4-1-5-22-6-8-25-9-7-22/h2-3,10-11H,1,4-9H2,(H,20,23)(H2,19,21,24). The Hall–Kier alpha value is -2.45. The molecule has 3 N–H and O–H groups in total. The van der Waals surface area contributed by atoms with Gasteiger partial charge in [0.05, 0.1) is 18.6 Å². The molecule has 0 aliphatic carbocycles. The maximum Gasteiger partial charge on any atom is 0.319 e. The van der Waals surface area contributed by atoms with Gasteiger partial charge in [0.25, 0.3) is 0 Å². The van der Waals surface area contributed by atoms with E-state index in [0.29, 0.717) is 12.1 Å². The minimum absolute atomic E-state index is 0.0868. The van der Waals surface area contributed by atoms with Crippen molar-refractivity contribution in [3.05, 3.63) is 40.4 Å². The van der Waals surface area contributed by atoms with Gasteiger partial charge >= 0.3 is 6.03 Å². The number of pyridine rings is 1. The van der Waals surface area contributed by atoms with Gasteiger partial charge < -0.3 is 20.4 Å². The second kappa shape index (κ2) is 8.09. The number of aromatic amines is 1. The van der Waals surface area contributed by atoms with Crippen LogP contribution in [0, 0.1) is 5.82 Å². The lowest BCUT2D eigenvalue weighted by Gasteiger charge is -2.26. The molecule has 7 nitrogen and oxygen atoms in total. The van der Waals surface area contributed by atoms with Gasteiger partial charge in [-0.05, 0) is 31.2 Å². The number of nitrogens with zero attached hydrogens (tertiary/aromatic N) is 1. The molecule has 2 amide bonds. The summed E-state index contributed by atoms with van der Waals surface area (Å²) in [5.74, 6) is -0.497. The fourth-order valence-corrected chi connectivity index (χ4v) is 2.78. The van der Waals surface area contributed by atoms with Crippen LogP contribution in [-0.4, -0.2) is 55.3 Å². The molecule has 0 spiro atoms. The average Bonchev–Trinajstić information content (AvgIpc) is 2.62. The normalized spacial score (nSPS) is 15.2. The lowest BCUT2D eigenvalue weighted by molar-refractivity contribution is 0.0375. The molecule has 0 atom stereocenters. The van der Waals surface area contributed by atoms with E-state index in [2.05, 4.69) is 20.5 Å². The minimum atomic E-state index is -0.497. The summed E-state index contributed by atoms with van der Waals surface area (Å²) in [6.45, 7) is 4.71. The van der Waals surface area contributed by atoms with Crippen molar-refractivity contribution < 1.29 is 13.9 Å². The Kier molecular flexibility index (Phi) is 5.62. The number of hydrogen-bond acceptors (Lipinski definition) is 4. The van der Waals surface area contributed by atoms with Gasteiger partial charge in [0.15, 0.2) is 0 Å². The molecule has 25 heavy (non-hydrogen) atoms. The molecule has 134 valence electrons. The van der Waals surface area contributed by atoms with Crippen molar-refractivity contribution in [1.82, 2.24) is 15.2 Å². The summed E-state index contributed by atoms with van der Waals surface area (Å²) >= 11 is 0. The predicted molar refractivity (Wildman–Crippen MR) is 93.4 cm³/mol. The number of fused-ring (bicyclic) bond motifs is 1. The predicted octanol–water partition coefficient (Wildman–Crippen LogP) is 1.51. The monoisotopic (exact) mass is 348 g/mol. The van der Waals surface area contributed by atoms with Crippen molar-refractivity contribution in [3.63, 3.8) is 0 Å². The Bertz CT molecular complexity index is 802. The van der Waals surface area contributed by atoms with E-state index in [1.807, 2.05) is 0 Å². The maximum atomic E-state index is 13.3. The van der Waals surface area contributed by atoms with Crippen LogP contribution in [0.2, 0.25) is 0 Å². The number of aromatic nitrogens is 1. The number of hydrogen-bond donors (Lipinski definition) is 3. The third kappa shape index (κ3) is 4.55. The molecule has 0 saturated carbocycles. The van der Waals surface area contributed by atoms with Crippen LogP contribution >= 0.6 is 0 Å². The first-order valence-electron chi connectivity index (χ1n) is 8.29. The molecule has 1 aromatic carbocycles. The summed E-state index contributed by atoms with van der Waals surface area (Å²) in [6, 6.07) is 3.46. The Labute approximate surface area is 144 Å². The quantitative estimate of drug-likeness (QED) is 0.715. The molecule has 0 bridgehead atoms. The van der Waals surface area contributed by atoms with Gasteiger partial charge in [-0.25, -0.2) is 9.18 Å². The van der Waals surface area contributed by atoms with Crippen molar-refractivity contribution in [1.29, 1.82) is 0 Å². The lowest BCUT2D eigenvalue weighted by atomic mass is 10.2. The van der Waals surface area contributed by atoms with Crippen LogP contribution < -0.4 is 16.1 Å². The molecule has 0 unspecified atom stereocenters. The van der Waals surface area contributed by atoms with Crippen LogP contribution in [0.15, 0.2) is 29.2 Å². The molecule has 1 aromatic heterocycles. The second-order valence-corrected chi connectivity index (χ2v) is 5.91. The number of nitrogens with one attached hydrogen (secondary N) is 3. The Morgan fingerprint density at radius 3 is 2.92 bits per heavy atom. The van der Waals surface area contributed by atoms with Crippen LogP contribution in [0.25, 0.3) is 10.9 Å². The molecule has 2 heterocycles. The summed E-state index contributed by atoms with van der Waals surface area (Å²) < 4.78 is 18.6. The van der Waals surface area contributed by atoms with E-state index in [9.17, 15) is 14.0 Å². The van der Waals surface area contributed by atoms with Gasteiger partial charge in [-0.3, -0.25) is 9.69 Å². The molecule has 1 aliphatic heterocycles. The van der Waals surface area contributed by atoms with Gasteiger partial charge in [0.1, 0.15) is 11.5 Å². The van der Waals surface area contributed by atoms with Crippen molar-refractivity contribution in [3.8, 4) is 0 Å². The number of benzene rings is 1. The highest BCUT2D eigenvalue weighted by Crippen LogP contribution is 2.12. The van der Waals surface area contributed by atoms with Crippen LogP contribution in [0.3, 0.4) is 0 Å². The minimum Gasteiger partial charge on any atom is -0.379 e. The van der Waals surface area contributed by atoms with Crippen LogP contribution in [0.4, 0.5) is 14.9 Å². The Morgan fingerprint density at radius 1 is 1.32 bits per heavy atom. The Balaban J connectivity index is 1.51. The van der Waals surface area contributed by atoms with Gasteiger partial charge in [0.2, 0.25) is 5.43 Å². The third-order valence-electron chi connectivity index (χ3n) is 4.13. The second-order valence-electron chi connectivity index (χ2n) is 5.91. The number of urea groups is 1. The summed E-state index contributed by atoms with van der Waals surface area (Å²) in [5.41, 5.74) is 0.184. The number of halogens is 1. The molecule has 1 aliphatic rings. The van der Waals surface area contributed by atoms with Gasteiger partial charge in [0, 0.05) is 31.3 Å². The Morgan fingerprint density at radius 2 is 2.12 bits per heavy atom. The van der Waals surface area contributed by atoms with E-state index in [4.69, 9.17) is 4.74 Å². The molecular formula is C17H21FN4O3. The number of morpholine rings is 1. The summed E-state index contributed by atoms with van der Waals surface area (Å²) in [6.07, 6.45) is 2.22. The topological polar surface area (TPSA) is 86.5 Å². The first-order chi connectivity index (χ1) is 12.1. The zero-order valence-corrected chi connectivity index (χ0v) is 13.8.